The summed E-state index contributed by atoms with van der Waals surface area (Å²) in [6.45, 7) is 1.53. The number of nitrogens with one attached hydrogen (secondary N) is 2. The van der Waals surface area contributed by atoms with Crippen molar-refractivity contribution in [3.05, 3.63) is 94.8 Å². The number of phenolic OH excluding ortho intramolecular Hbond substituents is 1. The lowest BCUT2D eigenvalue weighted by atomic mass is 9.47. The number of phenols is 1. The van der Waals surface area contributed by atoms with Gasteiger partial charge in [0.25, 0.3) is 0 Å². The lowest BCUT2D eigenvalue weighted by Gasteiger charge is -2.60. The molecule has 350 valence electrons. The topological polar surface area (TPSA) is 174 Å². The number of aromatic hydroxyl groups is 1. The number of aliphatic hydroxyl groups is 3. The normalized spacial score (nSPS) is 33.0. The fraction of sp³-hybridized carbons (Fsp3) is 0.571. The Balaban J connectivity index is 0.921. The van der Waals surface area contributed by atoms with Crippen molar-refractivity contribution in [3.8, 4) is 23.3 Å². The Kier molecular flexibility index (Phi) is 12.6. The van der Waals surface area contributed by atoms with Gasteiger partial charge in [-0.15, -0.1) is 0 Å². The molecule has 8 N–H and O–H groups in total. The highest BCUT2D eigenvalue weighted by atomic mass is 16.5. The molecule has 66 heavy (non-hydrogen) atoms. The summed E-state index contributed by atoms with van der Waals surface area (Å²) in [6.07, 6.45) is 13.0. The van der Waals surface area contributed by atoms with Crippen molar-refractivity contribution >= 4 is 22.3 Å². The second kappa shape index (κ2) is 18.4. The molecule has 12 atom stereocenters. The zero-order chi connectivity index (χ0) is 45.7. The van der Waals surface area contributed by atoms with E-state index in [-0.39, 0.29) is 42.1 Å². The smallest absolute Gasteiger partial charge is 0.160 e. The number of dihydropyridines is 1. The van der Waals surface area contributed by atoms with Gasteiger partial charge in [-0.3, -0.25) is 9.59 Å². The number of carbonyl (C=O) groups is 2. The third-order valence-corrected chi connectivity index (χ3v) is 18.1. The number of hydrogen-bond acceptors (Lipinski definition) is 10. The largest absolute Gasteiger partial charge is 0.504 e. The second-order valence-corrected chi connectivity index (χ2v) is 21.3. The van der Waals surface area contributed by atoms with Crippen molar-refractivity contribution in [2.24, 2.45) is 46.2 Å². The molecule has 10 nitrogen and oxygen atoms in total. The van der Waals surface area contributed by atoms with Crippen molar-refractivity contribution in [2.45, 2.75) is 139 Å². The zero-order valence-corrected chi connectivity index (χ0v) is 38.5. The summed E-state index contributed by atoms with van der Waals surface area (Å²) < 4.78 is 5.53. The number of hydrogen-bond donors (Lipinski definition) is 7. The highest BCUT2D eigenvalue weighted by molar-refractivity contribution is 5.89. The van der Waals surface area contributed by atoms with Crippen LogP contribution in [-0.2, 0) is 16.0 Å². The standard InChI is InChI=1S/C56H69N3O7/c1-66-51-26-36-10-15-52(64)56(22-17-39(27-53(56)65)45-14-13-41-42-12-11-40(60)29-47(42)59-32-46(41)55(45)19-4-5-20-55)21-16-37(44(36)31-50(51)63)25-48(61)49(62)30-43(38-18-23-58-54(57)28-38)35-9-8-33-6-2-3-7-34(33)24-35/h2-3,6-9,18,24,26,28,31,37,39,41-43,45-49,53,58-59,61-63,65H,4-5,10-15,17,19-20,22-23,25,27,29-30,32,57H2,1H3. The van der Waals surface area contributed by atoms with E-state index >= 15 is 0 Å². The number of nitrogens with two attached hydrogens (primary N) is 1. The van der Waals surface area contributed by atoms with Crippen LogP contribution in [0.15, 0.2) is 78.1 Å². The van der Waals surface area contributed by atoms with E-state index in [0.717, 1.165) is 53.3 Å². The molecule has 2 heterocycles. The predicted molar refractivity (Wildman–Crippen MR) is 255 cm³/mol. The summed E-state index contributed by atoms with van der Waals surface area (Å²) in [5, 5.41) is 56.9. The number of fused-ring (bicyclic) bond motifs is 6. The molecular formula is C56H69N3O7. The molecule has 2 spiro atoms. The molecule has 3 aromatic carbocycles. The number of aryl methyl sites for hydroxylation is 1. The number of allylic oxidation sites excluding steroid dienone is 2. The van der Waals surface area contributed by atoms with E-state index in [1.807, 2.05) is 18.2 Å². The molecule has 10 rings (SSSR count). The summed E-state index contributed by atoms with van der Waals surface area (Å²) in [4.78, 5) is 27.1. The van der Waals surface area contributed by atoms with Crippen LogP contribution in [0.3, 0.4) is 0 Å². The van der Waals surface area contributed by atoms with Crippen molar-refractivity contribution in [1.29, 1.82) is 0 Å². The summed E-state index contributed by atoms with van der Waals surface area (Å²) >= 11 is 0. The molecule has 0 bridgehead atoms. The van der Waals surface area contributed by atoms with Crippen LogP contribution in [0.2, 0.25) is 0 Å². The maximum Gasteiger partial charge on any atom is 0.160 e. The van der Waals surface area contributed by atoms with Crippen molar-refractivity contribution < 1.29 is 34.8 Å². The molecule has 7 aliphatic rings. The Hall–Kier alpha value is -4.66. The first kappa shape index (κ1) is 45.1. The lowest BCUT2D eigenvalue weighted by Crippen LogP contribution is -2.61. The fourth-order valence-electron chi connectivity index (χ4n) is 14.8. The quantitative estimate of drug-likeness (QED) is 0.107. The van der Waals surface area contributed by atoms with E-state index in [2.05, 4.69) is 58.9 Å². The average Bonchev–Trinajstić information content (AvgIpc) is 3.82. The van der Waals surface area contributed by atoms with Crippen LogP contribution in [0, 0.1) is 52.3 Å². The van der Waals surface area contributed by atoms with Crippen molar-refractivity contribution in [3.63, 3.8) is 0 Å². The third-order valence-electron chi connectivity index (χ3n) is 18.1. The van der Waals surface area contributed by atoms with Crippen LogP contribution < -0.4 is 21.1 Å². The minimum absolute atomic E-state index is 0.0517. The van der Waals surface area contributed by atoms with Gasteiger partial charge in [-0.25, -0.2) is 0 Å². The summed E-state index contributed by atoms with van der Waals surface area (Å²) in [7, 11) is 1.50. The van der Waals surface area contributed by atoms with Crippen LogP contribution in [0.5, 0.6) is 11.5 Å². The van der Waals surface area contributed by atoms with Gasteiger partial charge in [0.15, 0.2) is 17.3 Å². The number of carbonyl (C=O) groups excluding carboxylic acids is 2. The first-order valence-corrected chi connectivity index (χ1v) is 25.1. The van der Waals surface area contributed by atoms with Gasteiger partial charge < -0.3 is 41.5 Å². The number of aliphatic hydroxyl groups excluding tert-OH is 3. The van der Waals surface area contributed by atoms with Gasteiger partial charge in [0.1, 0.15) is 11.2 Å². The highest BCUT2D eigenvalue weighted by Gasteiger charge is 2.60. The van der Waals surface area contributed by atoms with Crippen molar-refractivity contribution in [2.75, 3.05) is 20.2 Å². The van der Waals surface area contributed by atoms with E-state index in [1.165, 1.54) is 39.2 Å². The average molecular weight is 896 g/mol. The number of Topliss-reactive ketones (excluding diaryl/α,β-unsaturated/α-hetero) is 2. The molecule has 12 unspecified atom stereocenters. The van der Waals surface area contributed by atoms with Crippen LogP contribution in [0.1, 0.15) is 125 Å². The lowest BCUT2D eigenvalue weighted by molar-refractivity contribution is -0.140. The molecule has 5 aliphatic carbocycles. The summed E-state index contributed by atoms with van der Waals surface area (Å²) in [5.41, 5.74) is 8.67. The minimum Gasteiger partial charge on any atom is -0.504 e. The van der Waals surface area contributed by atoms with Gasteiger partial charge in [-0.2, -0.15) is 0 Å². The first-order chi connectivity index (χ1) is 32.0. The van der Waals surface area contributed by atoms with Gasteiger partial charge in [0.2, 0.25) is 0 Å². The number of benzene rings is 3. The van der Waals surface area contributed by atoms with E-state index in [1.54, 1.807) is 12.1 Å². The number of ether oxygens (including phenoxy) is 1. The van der Waals surface area contributed by atoms with Gasteiger partial charge in [0.05, 0.1) is 31.2 Å². The van der Waals surface area contributed by atoms with Crippen LogP contribution in [-0.4, -0.2) is 76.5 Å². The molecule has 4 saturated carbocycles. The van der Waals surface area contributed by atoms with E-state index in [0.29, 0.717) is 97.2 Å². The van der Waals surface area contributed by atoms with E-state index in [9.17, 15) is 30.0 Å². The molecule has 2 aliphatic heterocycles. The highest BCUT2D eigenvalue weighted by Crippen LogP contribution is 2.64. The molecule has 1 saturated heterocycles. The minimum atomic E-state index is -1.25. The zero-order valence-electron chi connectivity index (χ0n) is 38.5. The Morgan fingerprint density at radius 3 is 2.52 bits per heavy atom. The van der Waals surface area contributed by atoms with Crippen LogP contribution in [0.25, 0.3) is 10.8 Å². The van der Waals surface area contributed by atoms with Gasteiger partial charge in [0, 0.05) is 43.7 Å². The Bertz CT molecular complexity index is 2460. The third kappa shape index (κ3) is 8.26. The van der Waals surface area contributed by atoms with Crippen molar-refractivity contribution in [1.82, 2.24) is 10.6 Å². The number of piperidine rings is 1. The first-order valence-electron chi connectivity index (χ1n) is 25.1. The molecule has 0 aromatic heterocycles. The SMILES string of the molecule is COc1cc2c(cc1O)C(CC(O)C(O)CC(C1=CCNC(N)=C1)c1ccc3ccccc3c1)C#CC1(CCC(C3CCC4C5CCC(=O)CC5NCC4C34CCCC4)CC1O)C(=O)CC2. The predicted octanol–water partition coefficient (Wildman–Crippen LogP) is 7.46. The number of rotatable bonds is 9. The van der Waals surface area contributed by atoms with Crippen LogP contribution in [0.4, 0.5) is 0 Å². The number of methoxy groups -OCH3 is 1. The maximum absolute atomic E-state index is 14.7. The van der Waals surface area contributed by atoms with Gasteiger partial charge >= 0.3 is 0 Å². The monoisotopic (exact) mass is 896 g/mol. The van der Waals surface area contributed by atoms with Gasteiger partial charge in [-0.1, -0.05) is 73.2 Å². The Labute approximate surface area is 389 Å². The Morgan fingerprint density at radius 2 is 1.73 bits per heavy atom. The summed E-state index contributed by atoms with van der Waals surface area (Å²) in [5.74, 6) is 9.64. The maximum atomic E-state index is 14.7. The molecule has 10 heteroatoms. The molecule has 0 amide bonds. The fourth-order valence-corrected chi connectivity index (χ4v) is 14.8. The van der Waals surface area contributed by atoms with Crippen LogP contribution >= 0.6 is 0 Å². The molecule has 5 fully saturated rings. The molecule has 0 radical (unpaired) electrons. The molecular weight excluding hydrogens is 827 g/mol. The van der Waals surface area contributed by atoms with Gasteiger partial charge in [-0.05, 0) is 163 Å². The van der Waals surface area contributed by atoms with E-state index in [4.69, 9.17) is 10.5 Å². The Morgan fingerprint density at radius 1 is 0.909 bits per heavy atom. The number of ketones is 2. The summed E-state index contributed by atoms with van der Waals surface area (Å²) in [6, 6.07) is 18.2. The second-order valence-electron chi connectivity index (χ2n) is 21.3. The molecule has 3 aromatic rings. The van der Waals surface area contributed by atoms with E-state index < -0.39 is 29.6 Å².